The minimum atomic E-state index is -0.535. The number of hydrogen-bond donors (Lipinski definition) is 2. The van der Waals surface area contributed by atoms with E-state index < -0.39 is 11.6 Å². The third-order valence-electron chi connectivity index (χ3n) is 5.50. The molecule has 0 atom stereocenters. The number of rotatable bonds is 7. The first kappa shape index (κ1) is 21.8. The van der Waals surface area contributed by atoms with Crippen LogP contribution in [0.4, 0.5) is 8.78 Å². The quantitative estimate of drug-likeness (QED) is 0.337. The summed E-state index contributed by atoms with van der Waals surface area (Å²) in [6, 6.07) is 17.3. The Morgan fingerprint density at radius 3 is 2.47 bits per heavy atom. The third-order valence-corrected chi connectivity index (χ3v) is 5.50. The number of nitrogens with one attached hydrogen (secondary N) is 2. The minimum Gasteiger partial charge on any atom is -0.339 e. The highest BCUT2D eigenvalue weighted by Crippen LogP contribution is 2.29. The molecule has 1 aromatic carbocycles. The number of aromatic nitrogens is 5. The van der Waals surface area contributed by atoms with E-state index in [4.69, 9.17) is 9.97 Å². The van der Waals surface area contributed by atoms with Crippen LogP contribution >= 0.6 is 0 Å². The molecule has 5 aromatic rings. The van der Waals surface area contributed by atoms with Crippen LogP contribution < -0.4 is 5.32 Å². The van der Waals surface area contributed by atoms with Gasteiger partial charge in [0.05, 0.1) is 34.7 Å². The van der Waals surface area contributed by atoms with Crippen LogP contribution in [-0.4, -0.2) is 31.5 Å². The molecular weight excluding hydrogens is 434 g/mol. The van der Waals surface area contributed by atoms with Crippen molar-refractivity contribution in [3.8, 4) is 22.8 Å². The lowest BCUT2D eigenvalue weighted by atomic mass is 10.1. The Morgan fingerprint density at radius 1 is 0.824 bits per heavy atom. The minimum absolute atomic E-state index is 0.0776. The molecule has 0 spiro atoms. The van der Waals surface area contributed by atoms with Crippen LogP contribution in [0.5, 0.6) is 0 Å². The number of benzene rings is 1. The number of pyridine rings is 3. The fraction of sp³-hybridized carbons (Fsp3) is 0.154. The monoisotopic (exact) mass is 456 g/mol. The molecule has 0 saturated carbocycles. The predicted molar refractivity (Wildman–Crippen MR) is 127 cm³/mol. The second-order valence-electron chi connectivity index (χ2n) is 7.94. The zero-order valence-electron chi connectivity index (χ0n) is 18.5. The summed E-state index contributed by atoms with van der Waals surface area (Å²) < 4.78 is 27.7. The van der Waals surface area contributed by atoms with Crippen molar-refractivity contribution in [3.05, 3.63) is 95.6 Å². The molecule has 5 rings (SSSR count). The zero-order chi connectivity index (χ0) is 23.5. The molecule has 0 aliphatic heterocycles. The van der Waals surface area contributed by atoms with E-state index in [0.717, 1.165) is 33.8 Å². The largest absolute Gasteiger partial charge is 0.339 e. The van der Waals surface area contributed by atoms with Gasteiger partial charge >= 0.3 is 0 Å². The Hall–Kier alpha value is -4.04. The van der Waals surface area contributed by atoms with Crippen molar-refractivity contribution in [2.45, 2.75) is 19.9 Å². The van der Waals surface area contributed by atoms with E-state index in [2.05, 4.69) is 20.3 Å². The van der Waals surface area contributed by atoms with Crippen molar-refractivity contribution in [1.29, 1.82) is 0 Å². The number of fused-ring (bicyclic) bond motifs is 1. The average molecular weight is 457 g/mol. The Morgan fingerprint density at radius 2 is 1.65 bits per heavy atom. The van der Waals surface area contributed by atoms with Crippen LogP contribution in [0.3, 0.4) is 0 Å². The molecule has 0 aliphatic carbocycles. The maximum absolute atomic E-state index is 13.9. The number of hydrogen-bond acceptors (Lipinski definition) is 5. The first-order chi connectivity index (χ1) is 16.6. The van der Waals surface area contributed by atoms with Crippen LogP contribution in [0.25, 0.3) is 33.8 Å². The lowest BCUT2D eigenvalue weighted by molar-refractivity contribution is 0.545. The summed E-state index contributed by atoms with van der Waals surface area (Å²) in [6.45, 7) is 2.72. The second kappa shape index (κ2) is 9.44. The van der Waals surface area contributed by atoms with Gasteiger partial charge in [0.25, 0.3) is 0 Å². The molecule has 4 aromatic heterocycles. The molecule has 0 fully saturated rings. The average Bonchev–Trinajstić information content (AvgIpc) is 3.27. The molecule has 0 aliphatic rings. The van der Waals surface area contributed by atoms with Crippen molar-refractivity contribution in [1.82, 2.24) is 30.2 Å². The highest BCUT2D eigenvalue weighted by atomic mass is 19.1. The van der Waals surface area contributed by atoms with Gasteiger partial charge in [0.1, 0.15) is 23.2 Å². The third kappa shape index (κ3) is 4.53. The smallest absolute Gasteiger partial charge is 0.129 e. The van der Waals surface area contributed by atoms with Gasteiger partial charge in [-0.25, -0.2) is 18.7 Å². The van der Waals surface area contributed by atoms with Crippen LogP contribution in [-0.2, 0) is 13.0 Å². The number of nitrogens with zero attached hydrogens (tertiary/aromatic N) is 4. The zero-order valence-corrected chi connectivity index (χ0v) is 18.5. The van der Waals surface area contributed by atoms with E-state index in [1.807, 2.05) is 49.4 Å². The summed E-state index contributed by atoms with van der Waals surface area (Å²) in [5.41, 5.74) is 5.46. The fourth-order valence-corrected chi connectivity index (χ4v) is 3.84. The predicted octanol–water partition coefficient (Wildman–Crippen LogP) is 5.00. The molecule has 0 unspecified atom stereocenters. The fourth-order valence-electron chi connectivity index (χ4n) is 3.84. The van der Waals surface area contributed by atoms with Gasteiger partial charge < -0.3 is 10.3 Å². The summed E-state index contributed by atoms with van der Waals surface area (Å²) in [7, 11) is 0. The maximum atomic E-state index is 13.9. The second-order valence-corrected chi connectivity index (χ2v) is 7.94. The van der Waals surface area contributed by atoms with Crippen molar-refractivity contribution >= 4 is 11.0 Å². The summed E-state index contributed by atoms with van der Waals surface area (Å²) in [5.74, 6) is -0.395. The topological polar surface area (TPSA) is 79.4 Å². The molecule has 8 heteroatoms. The molecular formula is C26H22F2N6. The van der Waals surface area contributed by atoms with Gasteiger partial charge in [0.15, 0.2) is 0 Å². The molecule has 34 heavy (non-hydrogen) atoms. The van der Waals surface area contributed by atoms with Gasteiger partial charge in [-0.15, -0.1) is 0 Å². The van der Waals surface area contributed by atoms with Crippen LogP contribution in [0.15, 0.2) is 66.9 Å². The van der Waals surface area contributed by atoms with E-state index >= 15 is 0 Å². The van der Waals surface area contributed by atoms with Gasteiger partial charge in [0.2, 0.25) is 0 Å². The standard InChI is InChI=1S/C26H22F2N6/c1-16-5-2-8-22(31-16)25-26(23-11-10-20-21(32-23)9-4-13-30-20)34-24(33-25)15-29-14-12-17-18(27)6-3-7-19(17)28/h2-11,13,29H,12,14-15H2,1H3,(H,33,34). The Bertz CT molecular complexity index is 1440. The van der Waals surface area contributed by atoms with Crippen molar-refractivity contribution < 1.29 is 8.78 Å². The van der Waals surface area contributed by atoms with E-state index in [9.17, 15) is 8.78 Å². The molecule has 6 nitrogen and oxygen atoms in total. The Labute approximate surface area is 195 Å². The maximum Gasteiger partial charge on any atom is 0.129 e. The SMILES string of the molecule is Cc1cccc(-c2nc(CNCCc3c(F)cccc3F)[nH]c2-c2ccc3ncccc3n2)n1. The van der Waals surface area contributed by atoms with Crippen LogP contribution in [0.2, 0.25) is 0 Å². The molecule has 0 amide bonds. The van der Waals surface area contributed by atoms with Gasteiger partial charge in [0, 0.05) is 17.5 Å². The number of halogens is 2. The molecule has 4 heterocycles. The van der Waals surface area contributed by atoms with Gasteiger partial charge in [-0.05, 0) is 68.4 Å². The lowest BCUT2D eigenvalue weighted by Crippen LogP contribution is -2.18. The van der Waals surface area contributed by atoms with E-state index in [-0.39, 0.29) is 12.0 Å². The molecule has 170 valence electrons. The number of aromatic amines is 1. The van der Waals surface area contributed by atoms with Gasteiger partial charge in [-0.1, -0.05) is 12.1 Å². The van der Waals surface area contributed by atoms with Crippen molar-refractivity contribution in [2.75, 3.05) is 6.54 Å². The van der Waals surface area contributed by atoms with Gasteiger partial charge in [-0.3, -0.25) is 9.97 Å². The normalized spacial score (nSPS) is 11.3. The summed E-state index contributed by atoms with van der Waals surface area (Å²) >= 11 is 0. The molecule has 2 N–H and O–H groups in total. The Balaban J connectivity index is 1.42. The first-order valence-corrected chi connectivity index (χ1v) is 11.0. The first-order valence-electron chi connectivity index (χ1n) is 11.0. The van der Waals surface area contributed by atoms with E-state index in [1.54, 1.807) is 6.20 Å². The summed E-state index contributed by atoms with van der Waals surface area (Å²) in [4.78, 5) is 21.9. The number of aryl methyl sites for hydroxylation is 1. The summed E-state index contributed by atoms with van der Waals surface area (Å²) in [5, 5.41) is 3.21. The Kier molecular flexibility index (Phi) is 6.05. The number of imidazole rings is 1. The molecule has 0 saturated heterocycles. The summed E-state index contributed by atoms with van der Waals surface area (Å²) in [6.07, 6.45) is 1.97. The van der Waals surface area contributed by atoms with E-state index in [0.29, 0.717) is 24.6 Å². The highest BCUT2D eigenvalue weighted by Gasteiger charge is 2.17. The molecule has 0 bridgehead atoms. The highest BCUT2D eigenvalue weighted by molar-refractivity contribution is 5.81. The van der Waals surface area contributed by atoms with Gasteiger partial charge in [-0.2, -0.15) is 0 Å². The van der Waals surface area contributed by atoms with Crippen LogP contribution in [0, 0.1) is 18.6 Å². The lowest BCUT2D eigenvalue weighted by Gasteiger charge is -2.05. The van der Waals surface area contributed by atoms with E-state index in [1.165, 1.54) is 18.2 Å². The van der Waals surface area contributed by atoms with Crippen molar-refractivity contribution in [3.63, 3.8) is 0 Å². The van der Waals surface area contributed by atoms with Crippen molar-refractivity contribution in [2.24, 2.45) is 0 Å². The van der Waals surface area contributed by atoms with Crippen LogP contribution in [0.1, 0.15) is 17.1 Å². The molecule has 0 radical (unpaired) electrons. The number of H-pyrrole nitrogens is 1.